The number of ether oxygens (including phenoxy) is 5. The molecule has 0 fully saturated rings. The van der Waals surface area contributed by atoms with Gasteiger partial charge in [0.25, 0.3) is 5.56 Å². The fourth-order valence-corrected chi connectivity index (χ4v) is 7.55. The van der Waals surface area contributed by atoms with Crippen molar-refractivity contribution in [3.63, 3.8) is 0 Å². The van der Waals surface area contributed by atoms with Crippen LogP contribution in [0.4, 0.5) is 0 Å². The smallest absolute Gasteiger partial charge is 0.338 e. The zero-order valence-electron chi connectivity index (χ0n) is 28.9. The maximum Gasteiger partial charge on any atom is 0.338 e. The first kappa shape index (κ1) is 36.6. The molecule has 1 aliphatic rings. The van der Waals surface area contributed by atoms with Gasteiger partial charge < -0.3 is 23.7 Å². The van der Waals surface area contributed by atoms with Gasteiger partial charge in [-0.2, -0.15) is 0 Å². The summed E-state index contributed by atoms with van der Waals surface area (Å²) in [5.74, 6) is 0.749. The van der Waals surface area contributed by atoms with Crippen molar-refractivity contribution in [1.82, 2.24) is 4.57 Å². The van der Waals surface area contributed by atoms with E-state index in [1.807, 2.05) is 60.7 Å². The molecule has 5 aromatic rings. The highest BCUT2D eigenvalue weighted by Gasteiger charge is 2.35. The van der Waals surface area contributed by atoms with Crippen molar-refractivity contribution in [2.45, 2.75) is 26.5 Å². The lowest BCUT2D eigenvalue weighted by atomic mass is 9.93. The fourth-order valence-electron chi connectivity index (χ4n) is 5.76. The number of aromatic nitrogens is 1. The summed E-state index contributed by atoms with van der Waals surface area (Å²) in [6.45, 7) is 4.22. The summed E-state index contributed by atoms with van der Waals surface area (Å²) in [5, 5.41) is 0. The molecule has 0 radical (unpaired) electrons. The Morgan fingerprint density at radius 1 is 0.885 bits per heavy atom. The van der Waals surface area contributed by atoms with Gasteiger partial charge in [0.1, 0.15) is 12.4 Å². The van der Waals surface area contributed by atoms with E-state index >= 15 is 0 Å². The van der Waals surface area contributed by atoms with Crippen molar-refractivity contribution in [2.75, 3.05) is 27.4 Å². The van der Waals surface area contributed by atoms with E-state index in [1.165, 1.54) is 11.3 Å². The van der Waals surface area contributed by atoms with Gasteiger partial charge in [-0.25, -0.2) is 14.6 Å². The van der Waals surface area contributed by atoms with Crippen LogP contribution in [-0.4, -0.2) is 43.9 Å². The van der Waals surface area contributed by atoms with Gasteiger partial charge in [-0.3, -0.25) is 9.36 Å². The van der Waals surface area contributed by atoms with E-state index in [2.05, 4.69) is 22.6 Å². The zero-order chi connectivity index (χ0) is 36.8. The molecule has 1 aromatic heterocycles. The molecule has 52 heavy (non-hydrogen) atoms. The molecule has 0 aliphatic carbocycles. The number of thiazole rings is 1. The number of methoxy groups -OCH3 is 2. The molecule has 12 heteroatoms. The summed E-state index contributed by atoms with van der Waals surface area (Å²) in [6.07, 6.45) is 1.79. The topological polar surface area (TPSA) is 115 Å². The largest absolute Gasteiger partial charge is 0.497 e. The number of carbonyl (C=O) groups excluding carboxylic acids is 2. The average molecular weight is 831 g/mol. The molecule has 0 saturated heterocycles. The summed E-state index contributed by atoms with van der Waals surface area (Å²) in [6, 6.07) is 26.6. The highest BCUT2D eigenvalue weighted by molar-refractivity contribution is 14.1. The van der Waals surface area contributed by atoms with E-state index in [4.69, 9.17) is 28.7 Å². The normalized spacial score (nSPS) is 13.9. The van der Waals surface area contributed by atoms with Gasteiger partial charge in [0.15, 0.2) is 16.3 Å². The van der Waals surface area contributed by atoms with Gasteiger partial charge in [-0.05, 0) is 95.6 Å². The van der Waals surface area contributed by atoms with E-state index in [9.17, 15) is 14.4 Å². The van der Waals surface area contributed by atoms with E-state index in [0.29, 0.717) is 55.6 Å². The maximum atomic E-state index is 14.4. The number of rotatable bonds is 12. The van der Waals surface area contributed by atoms with Crippen molar-refractivity contribution in [3.8, 4) is 17.2 Å². The number of hydrogen-bond donors (Lipinski definition) is 0. The standard InChI is InChI=1S/C40H35IN2O8S/c1-5-49-38(45)28-14-12-24(13-15-28)23-51-36-30(41)20-25(21-31(36)48-4)22-32-37(44)43-35(27-16-18-29(47-3)19-17-27)33(39(46)50-6-2)34(42-40(43)52-32)26-10-8-7-9-11-26/h7-22,35H,5-6,23H2,1-4H3/b32-22-/t35-/m0/s1. The lowest BCUT2D eigenvalue weighted by Crippen LogP contribution is -2.40. The SMILES string of the molecule is CCOC(=O)C1=C(c2ccccc2)N=c2s/c(=C\c3cc(I)c(OCc4ccc(C(=O)OCC)cc4)c(OC)c3)c(=O)n2[C@H]1c1ccc(OC)cc1. The molecule has 10 nitrogen and oxygen atoms in total. The molecule has 4 aromatic carbocycles. The van der Waals surface area contributed by atoms with Gasteiger partial charge in [0.05, 0.1) is 58.4 Å². The minimum Gasteiger partial charge on any atom is -0.497 e. The van der Waals surface area contributed by atoms with Crippen LogP contribution in [0.3, 0.4) is 0 Å². The Morgan fingerprint density at radius 3 is 2.23 bits per heavy atom. The van der Waals surface area contributed by atoms with E-state index in [0.717, 1.165) is 14.7 Å². The lowest BCUT2D eigenvalue weighted by Gasteiger charge is -2.26. The molecule has 266 valence electrons. The Morgan fingerprint density at radius 2 is 1.58 bits per heavy atom. The third-order valence-electron chi connectivity index (χ3n) is 8.20. The number of halogens is 1. The predicted octanol–water partition coefficient (Wildman–Crippen LogP) is 6.31. The van der Waals surface area contributed by atoms with Crippen molar-refractivity contribution < 1.29 is 33.3 Å². The Bertz CT molecular complexity index is 2310. The van der Waals surface area contributed by atoms with Crippen LogP contribution in [0, 0.1) is 3.57 Å². The first-order valence-electron chi connectivity index (χ1n) is 16.4. The Kier molecular flexibility index (Phi) is 11.6. The monoisotopic (exact) mass is 830 g/mol. The molecular formula is C40H35IN2O8S. The molecular weight excluding hydrogens is 795 g/mol. The number of carbonyl (C=O) groups is 2. The third kappa shape index (κ3) is 7.67. The van der Waals surface area contributed by atoms with Gasteiger partial charge in [-0.15, -0.1) is 0 Å². The Hall–Kier alpha value is -5.21. The number of fused-ring (bicyclic) bond motifs is 1. The van der Waals surface area contributed by atoms with Gasteiger partial charge in [0, 0.05) is 5.56 Å². The molecule has 6 rings (SSSR count). The van der Waals surface area contributed by atoms with Gasteiger partial charge in [-0.1, -0.05) is 65.9 Å². The fraction of sp³-hybridized carbons (Fsp3) is 0.200. The van der Waals surface area contributed by atoms with Gasteiger partial charge >= 0.3 is 11.9 Å². The zero-order valence-corrected chi connectivity index (χ0v) is 31.9. The van der Waals surface area contributed by atoms with Crippen molar-refractivity contribution in [3.05, 3.63) is 148 Å². The van der Waals surface area contributed by atoms with E-state index in [-0.39, 0.29) is 30.3 Å². The van der Waals surface area contributed by atoms with E-state index < -0.39 is 12.0 Å². The molecule has 0 saturated carbocycles. The van der Waals surface area contributed by atoms with Crippen LogP contribution >= 0.6 is 33.9 Å². The summed E-state index contributed by atoms with van der Waals surface area (Å²) < 4.78 is 30.7. The number of benzene rings is 4. The van der Waals surface area contributed by atoms with Crippen LogP contribution in [0.1, 0.15) is 52.5 Å². The molecule has 0 bridgehead atoms. The summed E-state index contributed by atoms with van der Waals surface area (Å²) in [5.41, 5.74) is 3.88. The summed E-state index contributed by atoms with van der Waals surface area (Å²) in [4.78, 5) is 45.5. The molecule has 2 heterocycles. The highest BCUT2D eigenvalue weighted by Crippen LogP contribution is 2.37. The number of nitrogens with zero attached hydrogens (tertiary/aromatic N) is 2. The Balaban J connectivity index is 1.41. The third-order valence-corrected chi connectivity index (χ3v) is 9.99. The molecule has 0 unspecified atom stereocenters. The maximum absolute atomic E-state index is 14.4. The predicted molar refractivity (Wildman–Crippen MR) is 206 cm³/mol. The minimum atomic E-state index is -0.810. The molecule has 1 atom stereocenters. The molecule has 0 N–H and O–H groups in total. The van der Waals surface area contributed by atoms with Crippen LogP contribution in [-0.2, 0) is 20.9 Å². The van der Waals surface area contributed by atoms with Gasteiger partial charge in [0.2, 0.25) is 0 Å². The van der Waals surface area contributed by atoms with Crippen molar-refractivity contribution in [2.24, 2.45) is 4.99 Å². The molecule has 0 amide bonds. The quantitative estimate of drug-likeness (QED) is 0.106. The number of esters is 2. The van der Waals surface area contributed by atoms with Crippen LogP contribution < -0.4 is 29.1 Å². The summed E-state index contributed by atoms with van der Waals surface area (Å²) in [7, 11) is 3.14. The van der Waals surface area contributed by atoms with E-state index in [1.54, 1.807) is 69.0 Å². The second kappa shape index (κ2) is 16.4. The lowest BCUT2D eigenvalue weighted by molar-refractivity contribution is -0.138. The minimum absolute atomic E-state index is 0.159. The van der Waals surface area contributed by atoms with Crippen LogP contribution in [0.15, 0.2) is 106 Å². The first-order valence-corrected chi connectivity index (χ1v) is 18.3. The van der Waals surface area contributed by atoms with Crippen LogP contribution in [0.2, 0.25) is 0 Å². The second-order valence-corrected chi connectivity index (χ2v) is 13.6. The first-order chi connectivity index (χ1) is 25.3. The molecule has 1 aliphatic heterocycles. The molecule has 0 spiro atoms. The number of hydrogen-bond acceptors (Lipinski definition) is 10. The second-order valence-electron chi connectivity index (χ2n) is 11.4. The highest BCUT2D eigenvalue weighted by atomic mass is 127. The average Bonchev–Trinajstić information content (AvgIpc) is 3.47. The Labute approximate surface area is 317 Å². The van der Waals surface area contributed by atoms with Crippen molar-refractivity contribution in [1.29, 1.82) is 0 Å². The van der Waals surface area contributed by atoms with Crippen LogP contribution in [0.5, 0.6) is 17.2 Å². The van der Waals surface area contributed by atoms with Crippen LogP contribution in [0.25, 0.3) is 11.8 Å². The van der Waals surface area contributed by atoms with Crippen molar-refractivity contribution >= 4 is 57.6 Å². The summed E-state index contributed by atoms with van der Waals surface area (Å²) >= 11 is 3.41.